The molecule has 23 heavy (non-hydrogen) atoms. The summed E-state index contributed by atoms with van der Waals surface area (Å²) in [6.07, 6.45) is 1.94. The van der Waals surface area contributed by atoms with Gasteiger partial charge in [0.2, 0.25) is 0 Å². The maximum atomic E-state index is 6.49. The molecule has 5 nitrogen and oxygen atoms in total. The topological polar surface area (TPSA) is 46.2 Å². The quantitative estimate of drug-likeness (QED) is 0.686. The van der Waals surface area contributed by atoms with Crippen LogP contribution in [0.4, 0.5) is 0 Å². The van der Waals surface area contributed by atoms with Crippen molar-refractivity contribution in [1.29, 1.82) is 0 Å². The Bertz CT molecular complexity index is 381. The summed E-state index contributed by atoms with van der Waals surface area (Å²) in [5, 5.41) is 0. The zero-order chi connectivity index (χ0) is 16.8. The van der Waals surface area contributed by atoms with Crippen molar-refractivity contribution in [2.24, 2.45) is 0 Å². The molecule has 0 aliphatic carbocycles. The number of hydrogen-bond donors (Lipinski definition) is 0. The Balaban J connectivity index is 1.85. The van der Waals surface area contributed by atoms with E-state index in [1.165, 1.54) is 0 Å². The minimum absolute atomic E-state index is 0.219. The van der Waals surface area contributed by atoms with Gasteiger partial charge in [0.25, 0.3) is 0 Å². The molecule has 0 N–H and O–H groups in total. The van der Waals surface area contributed by atoms with Crippen LogP contribution in [0.2, 0.25) is 26.2 Å². The van der Waals surface area contributed by atoms with Crippen LogP contribution in [-0.2, 0) is 22.7 Å². The predicted molar refractivity (Wildman–Crippen MR) is 98.9 cm³/mol. The molecule has 2 heterocycles. The largest absolute Gasteiger partial charge is 0.485 e. The van der Waals surface area contributed by atoms with Crippen molar-refractivity contribution in [2.75, 3.05) is 26.4 Å². The second-order valence-electron chi connectivity index (χ2n) is 6.95. The molecule has 2 aliphatic rings. The Morgan fingerprint density at radius 2 is 1.04 bits per heavy atom. The van der Waals surface area contributed by atoms with E-state index in [4.69, 9.17) is 22.7 Å². The number of hydrogen-bond acceptors (Lipinski definition) is 5. The summed E-state index contributed by atoms with van der Waals surface area (Å²) in [4.78, 5) is 0. The highest BCUT2D eigenvalue weighted by Gasteiger charge is 2.31. The highest BCUT2D eigenvalue weighted by molar-refractivity contribution is 6.90. The molecule has 2 saturated heterocycles. The molecule has 128 valence electrons. The van der Waals surface area contributed by atoms with Crippen LogP contribution in [0.3, 0.4) is 0 Å². The fourth-order valence-electron chi connectivity index (χ4n) is 2.60. The first kappa shape index (κ1) is 19.2. The second kappa shape index (κ2) is 8.80. The first-order chi connectivity index (χ1) is 10.9. The highest BCUT2D eigenvalue weighted by atomic mass is 28.4. The summed E-state index contributed by atoms with van der Waals surface area (Å²) in [5.74, 6) is 4.01. The fraction of sp³-hybridized carbons (Fsp3) is 0.714. The van der Waals surface area contributed by atoms with Crippen LogP contribution in [0.15, 0.2) is 23.3 Å². The third kappa shape index (κ3) is 7.51. The fourth-order valence-corrected chi connectivity index (χ4v) is 9.81. The van der Waals surface area contributed by atoms with Crippen molar-refractivity contribution in [1.82, 2.24) is 0 Å². The first-order valence-corrected chi connectivity index (χ1v) is 14.4. The van der Waals surface area contributed by atoms with Gasteiger partial charge >= 0.3 is 14.2 Å². The van der Waals surface area contributed by atoms with Gasteiger partial charge in [0.1, 0.15) is 0 Å². The Morgan fingerprint density at radius 1 is 0.696 bits per heavy atom. The molecular formula is C14H28B2O5Si2. The van der Waals surface area contributed by atoms with Crippen LogP contribution in [-0.4, -0.2) is 57.3 Å². The average molecular weight is 354 g/mol. The Morgan fingerprint density at radius 3 is 1.39 bits per heavy atom. The lowest BCUT2D eigenvalue weighted by molar-refractivity contribution is 0.142. The van der Waals surface area contributed by atoms with Gasteiger partial charge in [-0.3, -0.25) is 0 Å². The Labute approximate surface area is 142 Å². The van der Waals surface area contributed by atoms with E-state index in [2.05, 4.69) is 37.6 Å². The monoisotopic (exact) mass is 354 g/mol. The van der Waals surface area contributed by atoms with E-state index in [1.54, 1.807) is 0 Å². The summed E-state index contributed by atoms with van der Waals surface area (Å²) in [6.45, 7) is 11.9. The molecule has 9 heteroatoms. The third-order valence-corrected chi connectivity index (χ3v) is 9.74. The molecule has 0 spiro atoms. The molecule has 0 aromatic rings. The van der Waals surface area contributed by atoms with E-state index in [-0.39, 0.29) is 14.2 Å². The summed E-state index contributed by atoms with van der Waals surface area (Å²) in [7, 11) is -4.28. The predicted octanol–water partition coefficient (Wildman–Crippen LogP) is 2.53. The lowest BCUT2D eigenvalue weighted by Gasteiger charge is -2.30. The lowest BCUT2D eigenvalue weighted by atomic mass is 9.90. The van der Waals surface area contributed by atoms with Gasteiger partial charge in [0, 0.05) is 26.4 Å². The Kier molecular flexibility index (Phi) is 7.33. The average Bonchev–Trinajstić information content (AvgIpc) is 2.52. The maximum Gasteiger partial charge on any atom is 0.485 e. The molecule has 2 rings (SSSR count). The first-order valence-electron chi connectivity index (χ1n) is 8.42. The van der Waals surface area contributed by atoms with Gasteiger partial charge in [0.15, 0.2) is 16.6 Å². The van der Waals surface area contributed by atoms with Gasteiger partial charge in [-0.05, 0) is 39.0 Å². The molecular weight excluding hydrogens is 326 g/mol. The molecule has 0 atom stereocenters. The van der Waals surface area contributed by atoms with Crippen LogP contribution in [0, 0.1) is 0 Å². The molecule has 2 fully saturated rings. The molecule has 0 aromatic carbocycles. The van der Waals surface area contributed by atoms with Crippen molar-refractivity contribution >= 4 is 30.9 Å². The van der Waals surface area contributed by atoms with Crippen molar-refractivity contribution in [2.45, 2.75) is 39.0 Å². The minimum atomic E-state index is -1.92. The molecule has 0 aromatic heterocycles. The van der Waals surface area contributed by atoms with Crippen LogP contribution in [0.5, 0.6) is 0 Å². The SMILES string of the molecule is C[Si](C)(/C=C/B1OCCCO1)O[Si](C)(C)/C=C/B1OCCCO1. The van der Waals surface area contributed by atoms with E-state index in [9.17, 15) is 0 Å². The van der Waals surface area contributed by atoms with Crippen molar-refractivity contribution in [3.63, 3.8) is 0 Å². The molecule has 0 radical (unpaired) electrons. The minimum Gasteiger partial charge on any atom is -0.449 e. The highest BCUT2D eigenvalue weighted by Crippen LogP contribution is 2.18. The van der Waals surface area contributed by atoms with Crippen molar-refractivity contribution < 1.29 is 22.7 Å². The molecule has 0 amide bonds. The van der Waals surface area contributed by atoms with Gasteiger partial charge in [-0.1, -0.05) is 23.3 Å². The van der Waals surface area contributed by atoms with Gasteiger partial charge in [-0.2, -0.15) is 0 Å². The van der Waals surface area contributed by atoms with E-state index < -0.39 is 16.6 Å². The standard InChI is InChI=1S/C14H28B2O5Si2/c1-22(2,13-7-15-17-9-5-10-18-15)21-23(3,4)14-8-16-19-11-6-12-20-16/h7-8,13-14H,5-6,9-12H2,1-4H3/b13-7+,14-8+. The smallest absolute Gasteiger partial charge is 0.449 e. The normalized spacial score (nSPS) is 21.6. The second-order valence-corrected chi connectivity index (χ2v) is 14.9. The molecule has 0 saturated carbocycles. The summed E-state index contributed by atoms with van der Waals surface area (Å²) < 4.78 is 28.7. The van der Waals surface area contributed by atoms with Gasteiger partial charge in [0.05, 0.1) is 0 Å². The van der Waals surface area contributed by atoms with Crippen LogP contribution < -0.4 is 0 Å². The van der Waals surface area contributed by atoms with Gasteiger partial charge in [-0.25, -0.2) is 0 Å². The molecule has 0 unspecified atom stereocenters. The van der Waals surface area contributed by atoms with E-state index in [1.807, 2.05) is 12.0 Å². The van der Waals surface area contributed by atoms with Crippen LogP contribution in [0.1, 0.15) is 12.8 Å². The summed E-state index contributed by atoms with van der Waals surface area (Å²) >= 11 is 0. The zero-order valence-electron chi connectivity index (χ0n) is 14.7. The maximum absolute atomic E-state index is 6.49. The van der Waals surface area contributed by atoms with Crippen molar-refractivity contribution in [3.05, 3.63) is 23.3 Å². The molecule has 2 aliphatic heterocycles. The van der Waals surface area contributed by atoms with Crippen LogP contribution >= 0.6 is 0 Å². The lowest BCUT2D eigenvalue weighted by Crippen LogP contribution is -2.43. The van der Waals surface area contributed by atoms with Gasteiger partial charge in [-0.15, -0.1) is 0 Å². The van der Waals surface area contributed by atoms with Crippen molar-refractivity contribution in [3.8, 4) is 0 Å². The summed E-state index contributed by atoms with van der Waals surface area (Å²) in [5.41, 5.74) is 4.33. The van der Waals surface area contributed by atoms with Gasteiger partial charge < -0.3 is 22.7 Å². The van der Waals surface area contributed by atoms with E-state index >= 15 is 0 Å². The zero-order valence-corrected chi connectivity index (χ0v) is 16.7. The van der Waals surface area contributed by atoms with E-state index in [0.29, 0.717) is 0 Å². The van der Waals surface area contributed by atoms with E-state index in [0.717, 1.165) is 39.3 Å². The summed E-state index contributed by atoms with van der Waals surface area (Å²) in [6, 6.07) is 0. The molecule has 0 bridgehead atoms. The number of rotatable bonds is 6. The van der Waals surface area contributed by atoms with Crippen LogP contribution in [0.25, 0.3) is 0 Å². The Hall–Kier alpha value is -0.156. The third-order valence-electron chi connectivity index (χ3n) is 3.54.